The van der Waals surface area contributed by atoms with E-state index in [2.05, 4.69) is 5.48 Å². The van der Waals surface area contributed by atoms with Crippen molar-refractivity contribution in [3.63, 3.8) is 0 Å². The molecule has 94 valence electrons. The number of hydroxylamine groups is 1. The third-order valence-electron chi connectivity index (χ3n) is 3.18. The summed E-state index contributed by atoms with van der Waals surface area (Å²) in [5.41, 5.74) is 3.45. The van der Waals surface area contributed by atoms with Gasteiger partial charge in [-0.15, -0.1) is 0 Å². The highest BCUT2D eigenvalue weighted by molar-refractivity contribution is 7.92. The molecule has 0 aliphatic heterocycles. The summed E-state index contributed by atoms with van der Waals surface area (Å²) in [7, 11) is -1.64. The normalized spacial score (nSPS) is 16.8. The summed E-state index contributed by atoms with van der Waals surface area (Å²) in [4.78, 5) is 5.21. The SMILES string of the molecule is CONCc1ccccc1S(=O)(=O)C1CCC1. The van der Waals surface area contributed by atoms with Crippen molar-refractivity contribution in [2.45, 2.75) is 36.0 Å². The summed E-state index contributed by atoms with van der Waals surface area (Å²) in [6.45, 7) is 0.401. The highest BCUT2D eigenvalue weighted by Crippen LogP contribution is 2.32. The molecule has 1 aliphatic carbocycles. The van der Waals surface area contributed by atoms with Gasteiger partial charge in [0.25, 0.3) is 0 Å². The van der Waals surface area contributed by atoms with Crippen LogP contribution < -0.4 is 5.48 Å². The predicted molar refractivity (Wildman–Crippen MR) is 65.1 cm³/mol. The van der Waals surface area contributed by atoms with Crippen LogP contribution in [0.5, 0.6) is 0 Å². The lowest BCUT2D eigenvalue weighted by Gasteiger charge is -2.26. The van der Waals surface area contributed by atoms with Gasteiger partial charge in [0.1, 0.15) is 0 Å². The van der Waals surface area contributed by atoms with Crippen LogP contribution in [0.3, 0.4) is 0 Å². The largest absolute Gasteiger partial charge is 0.305 e. The van der Waals surface area contributed by atoms with E-state index in [4.69, 9.17) is 4.84 Å². The van der Waals surface area contributed by atoms with Gasteiger partial charge in [0, 0.05) is 6.54 Å². The van der Waals surface area contributed by atoms with Crippen LogP contribution in [0.2, 0.25) is 0 Å². The maximum atomic E-state index is 12.3. The van der Waals surface area contributed by atoms with Crippen LogP contribution in [0.25, 0.3) is 0 Å². The minimum absolute atomic E-state index is 0.189. The summed E-state index contributed by atoms with van der Waals surface area (Å²) >= 11 is 0. The van der Waals surface area contributed by atoms with E-state index in [1.165, 1.54) is 7.11 Å². The predicted octanol–water partition coefficient (Wildman–Crippen LogP) is 1.66. The average molecular weight is 255 g/mol. The monoisotopic (exact) mass is 255 g/mol. The summed E-state index contributed by atoms with van der Waals surface area (Å²) in [6.07, 6.45) is 2.59. The number of sulfone groups is 1. The molecule has 0 radical (unpaired) electrons. The molecule has 5 heteroatoms. The van der Waals surface area contributed by atoms with E-state index >= 15 is 0 Å². The second-order valence-electron chi connectivity index (χ2n) is 4.23. The number of hydrogen-bond acceptors (Lipinski definition) is 4. The first-order chi connectivity index (χ1) is 8.16. The van der Waals surface area contributed by atoms with Crippen LogP contribution in [-0.4, -0.2) is 20.8 Å². The van der Waals surface area contributed by atoms with E-state index in [-0.39, 0.29) is 5.25 Å². The topological polar surface area (TPSA) is 55.4 Å². The van der Waals surface area contributed by atoms with E-state index < -0.39 is 9.84 Å². The second-order valence-corrected chi connectivity index (χ2v) is 6.43. The third kappa shape index (κ3) is 2.51. The molecule has 4 nitrogen and oxygen atoms in total. The molecule has 0 saturated heterocycles. The van der Waals surface area contributed by atoms with Gasteiger partial charge in [0.15, 0.2) is 9.84 Å². The van der Waals surface area contributed by atoms with Crippen molar-refractivity contribution in [3.8, 4) is 0 Å². The van der Waals surface area contributed by atoms with Gasteiger partial charge >= 0.3 is 0 Å². The molecule has 2 rings (SSSR count). The van der Waals surface area contributed by atoms with E-state index in [1.807, 2.05) is 12.1 Å². The van der Waals surface area contributed by atoms with Gasteiger partial charge in [0.05, 0.1) is 17.3 Å². The van der Waals surface area contributed by atoms with Crippen molar-refractivity contribution < 1.29 is 13.3 Å². The Bertz CT molecular complexity index is 480. The maximum absolute atomic E-state index is 12.3. The lowest BCUT2D eigenvalue weighted by atomic mass is 10.00. The van der Waals surface area contributed by atoms with Crippen molar-refractivity contribution in [2.75, 3.05) is 7.11 Å². The zero-order valence-electron chi connectivity index (χ0n) is 9.85. The second kappa shape index (κ2) is 5.16. The molecule has 17 heavy (non-hydrogen) atoms. The highest BCUT2D eigenvalue weighted by atomic mass is 32.2. The average Bonchev–Trinajstić information content (AvgIpc) is 2.23. The van der Waals surface area contributed by atoms with Gasteiger partial charge in [-0.05, 0) is 24.5 Å². The van der Waals surface area contributed by atoms with Crippen molar-refractivity contribution in [1.82, 2.24) is 5.48 Å². The molecule has 0 heterocycles. The minimum atomic E-state index is -3.16. The first kappa shape index (κ1) is 12.5. The van der Waals surface area contributed by atoms with Crippen molar-refractivity contribution in [3.05, 3.63) is 29.8 Å². The van der Waals surface area contributed by atoms with Crippen molar-refractivity contribution in [2.24, 2.45) is 0 Å². The molecular formula is C12H17NO3S. The van der Waals surface area contributed by atoms with Gasteiger partial charge in [-0.25, -0.2) is 8.42 Å². The van der Waals surface area contributed by atoms with E-state index in [1.54, 1.807) is 12.1 Å². The van der Waals surface area contributed by atoms with Crippen molar-refractivity contribution in [1.29, 1.82) is 0 Å². The number of benzene rings is 1. The van der Waals surface area contributed by atoms with Crippen LogP contribution in [0.1, 0.15) is 24.8 Å². The molecule has 0 aromatic heterocycles. The fraction of sp³-hybridized carbons (Fsp3) is 0.500. The molecule has 0 spiro atoms. The van der Waals surface area contributed by atoms with Gasteiger partial charge < -0.3 is 4.84 Å². The smallest absolute Gasteiger partial charge is 0.181 e. The molecule has 1 N–H and O–H groups in total. The standard InChI is InChI=1S/C12H17NO3S/c1-16-13-9-10-5-2-3-8-12(10)17(14,15)11-6-4-7-11/h2-3,5,8,11,13H,4,6-7,9H2,1H3. The molecule has 1 aromatic carbocycles. The zero-order chi connectivity index (χ0) is 12.3. The summed E-state index contributed by atoms with van der Waals surface area (Å²) < 4.78 is 24.7. The molecule has 0 amide bonds. The Morgan fingerprint density at radius 3 is 2.65 bits per heavy atom. The van der Waals surface area contributed by atoms with Crippen molar-refractivity contribution >= 4 is 9.84 Å². The van der Waals surface area contributed by atoms with Crippen LogP contribution in [0.4, 0.5) is 0 Å². The Hall–Kier alpha value is -0.910. The Balaban J connectivity index is 2.30. The van der Waals surface area contributed by atoms with E-state index in [0.29, 0.717) is 11.4 Å². The Morgan fingerprint density at radius 2 is 2.06 bits per heavy atom. The molecule has 0 bridgehead atoms. The highest BCUT2D eigenvalue weighted by Gasteiger charge is 2.33. The number of nitrogens with one attached hydrogen (secondary N) is 1. The quantitative estimate of drug-likeness (QED) is 0.813. The number of rotatable bonds is 5. The van der Waals surface area contributed by atoms with Crippen LogP contribution in [-0.2, 0) is 21.2 Å². The zero-order valence-corrected chi connectivity index (χ0v) is 10.7. The molecule has 1 saturated carbocycles. The molecule has 0 unspecified atom stereocenters. The number of hydrogen-bond donors (Lipinski definition) is 1. The van der Waals surface area contributed by atoms with Crippen LogP contribution in [0.15, 0.2) is 29.2 Å². The van der Waals surface area contributed by atoms with Gasteiger partial charge in [0.2, 0.25) is 0 Å². The van der Waals surface area contributed by atoms with Crippen LogP contribution in [0, 0.1) is 0 Å². The Kier molecular flexibility index (Phi) is 3.81. The third-order valence-corrected chi connectivity index (χ3v) is 5.54. The first-order valence-corrected chi connectivity index (χ1v) is 7.28. The minimum Gasteiger partial charge on any atom is -0.305 e. The lowest BCUT2D eigenvalue weighted by molar-refractivity contribution is 0.0861. The maximum Gasteiger partial charge on any atom is 0.181 e. The molecule has 0 atom stereocenters. The summed E-state index contributed by atoms with van der Waals surface area (Å²) in [6, 6.07) is 7.10. The molecule has 1 aromatic rings. The first-order valence-electron chi connectivity index (χ1n) is 5.74. The molecular weight excluding hydrogens is 238 g/mol. The Morgan fingerprint density at radius 1 is 1.35 bits per heavy atom. The molecule has 1 aliphatic rings. The summed E-state index contributed by atoms with van der Waals surface area (Å²) in [5.74, 6) is 0. The lowest BCUT2D eigenvalue weighted by Crippen LogP contribution is -2.29. The Labute approximate surface area is 102 Å². The fourth-order valence-electron chi connectivity index (χ4n) is 1.94. The summed E-state index contributed by atoms with van der Waals surface area (Å²) in [5, 5.41) is -0.189. The van der Waals surface area contributed by atoms with Crippen LogP contribution >= 0.6 is 0 Å². The van der Waals surface area contributed by atoms with E-state index in [0.717, 1.165) is 24.8 Å². The molecule has 1 fully saturated rings. The van der Waals surface area contributed by atoms with Gasteiger partial charge in [-0.2, -0.15) is 5.48 Å². The van der Waals surface area contributed by atoms with Gasteiger partial charge in [-0.1, -0.05) is 24.6 Å². The van der Waals surface area contributed by atoms with Gasteiger partial charge in [-0.3, -0.25) is 0 Å². The van der Waals surface area contributed by atoms with E-state index in [9.17, 15) is 8.42 Å². The fourth-order valence-corrected chi connectivity index (χ4v) is 4.02.